The molecule has 1 aromatic heterocycles. The Kier molecular flexibility index (Phi) is 4.47. The quantitative estimate of drug-likeness (QED) is 0.869. The lowest BCUT2D eigenvalue weighted by atomic mass is 10.3. The highest BCUT2D eigenvalue weighted by atomic mass is 16.5. The lowest BCUT2D eigenvalue weighted by Gasteiger charge is -2.34. The van der Waals surface area contributed by atoms with Crippen LogP contribution in [0.2, 0.25) is 0 Å². The van der Waals surface area contributed by atoms with E-state index in [-0.39, 0.29) is 5.91 Å². The number of carbonyl (C=O) groups is 1. The predicted octanol–water partition coefficient (Wildman–Crippen LogP) is 0.488. The van der Waals surface area contributed by atoms with Gasteiger partial charge in [0.25, 0.3) is 0 Å². The number of nitrogens with zero attached hydrogens (tertiary/aromatic N) is 4. The van der Waals surface area contributed by atoms with E-state index in [0.717, 1.165) is 43.6 Å². The van der Waals surface area contributed by atoms with Crippen molar-refractivity contribution >= 4 is 11.9 Å². The molecule has 0 aliphatic carbocycles. The molecular weight excluding hydrogens is 294 g/mol. The van der Waals surface area contributed by atoms with Gasteiger partial charge in [-0.2, -0.15) is 0 Å². The summed E-state index contributed by atoms with van der Waals surface area (Å²) in [5, 5.41) is 0. The number of hydrogen-bond acceptors (Lipinski definition) is 5. The number of carbonyl (C=O) groups excluding carboxylic acids is 1. The molecule has 1 amide bonds. The van der Waals surface area contributed by atoms with E-state index in [4.69, 9.17) is 10.5 Å². The van der Waals surface area contributed by atoms with Crippen LogP contribution in [0.25, 0.3) is 5.69 Å². The number of nitrogens with two attached hydrogens (primary N) is 1. The minimum Gasteiger partial charge on any atom is -0.497 e. The van der Waals surface area contributed by atoms with Crippen LogP contribution < -0.4 is 15.4 Å². The first-order valence-electron chi connectivity index (χ1n) is 7.61. The van der Waals surface area contributed by atoms with E-state index in [0.29, 0.717) is 6.54 Å². The maximum atomic E-state index is 11.0. The second kappa shape index (κ2) is 6.70. The van der Waals surface area contributed by atoms with Crippen molar-refractivity contribution in [3.05, 3.63) is 36.7 Å². The lowest BCUT2D eigenvalue weighted by Crippen LogP contribution is -2.49. The van der Waals surface area contributed by atoms with Crippen molar-refractivity contribution in [2.75, 3.05) is 44.7 Å². The summed E-state index contributed by atoms with van der Waals surface area (Å²) in [6.45, 7) is 3.54. The molecule has 7 heteroatoms. The van der Waals surface area contributed by atoms with Gasteiger partial charge in [-0.3, -0.25) is 14.3 Å². The molecule has 122 valence electrons. The van der Waals surface area contributed by atoms with Crippen molar-refractivity contribution < 1.29 is 9.53 Å². The van der Waals surface area contributed by atoms with Crippen molar-refractivity contribution in [2.24, 2.45) is 5.73 Å². The standard InChI is InChI=1S/C16H21N5O2/c1-23-14-4-2-3-13(11-14)21-6-5-18-16(21)20-9-7-19(8-10-20)12-15(17)22/h2-6,11H,7-10,12H2,1H3,(H2,17,22). The van der Waals surface area contributed by atoms with E-state index in [1.807, 2.05) is 35.0 Å². The van der Waals surface area contributed by atoms with Crippen LogP contribution >= 0.6 is 0 Å². The van der Waals surface area contributed by atoms with E-state index in [2.05, 4.69) is 14.8 Å². The van der Waals surface area contributed by atoms with Crippen molar-refractivity contribution in [1.29, 1.82) is 0 Å². The monoisotopic (exact) mass is 315 g/mol. The number of hydrogen-bond donors (Lipinski definition) is 1. The Balaban J connectivity index is 1.75. The molecule has 1 aliphatic heterocycles. The highest BCUT2D eigenvalue weighted by Gasteiger charge is 2.21. The van der Waals surface area contributed by atoms with Crippen LogP contribution in [0, 0.1) is 0 Å². The van der Waals surface area contributed by atoms with Gasteiger partial charge < -0.3 is 15.4 Å². The Morgan fingerprint density at radius 2 is 2.09 bits per heavy atom. The Bertz CT molecular complexity index is 677. The van der Waals surface area contributed by atoms with Gasteiger partial charge in [0.2, 0.25) is 11.9 Å². The van der Waals surface area contributed by atoms with E-state index in [1.54, 1.807) is 13.3 Å². The van der Waals surface area contributed by atoms with Crippen molar-refractivity contribution in [3.8, 4) is 11.4 Å². The molecule has 0 spiro atoms. The average Bonchev–Trinajstić information content (AvgIpc) is 3.05. The third kappa shape index (κ3) is 3.45. The smallest absolute Gasteiger partial charge is 0.231 e. The van der Waals surface area contributed by atoms with Gasteiger partial charge in [0, 0.05) is 44.6 Å². The molecule has 3 rings (SSSR count). The van der Waals surface area contributed by atoms with Crippen LogP contribution in [0.3, 0.4) is 0 Å². The minimum absolute atomic E-state index is 0.281. The van der Waals surface area contributed by atoms with Gasteiger partial charge in [-0.05, 0) is 12.1 Å². The van der Waals surface area contributed by atoms with Crippen molar-refractivity contribution in [2.45, 2.75) is 0 Å². The zero-order valence-corrected chi connectivity index (χ0v) is 13.2. The average molecular weight is 315 g/mol. The van der Waals surface area contributed by atoms with Crippen LogP contribution in [-0.4, -0.2) is 60.2 Å². The molecule has 1 fully saturated rings. The molecule has 0 saturated carbocycles. The number of primary amides is 1. The molecule has 0 bridgehead atoms. The summed E-state index contributed by atoms with van der Waals surface area (Å²) in [5.74, 6) is 1.43. The molecular formula is C16H21N5O2. The van der Waals surface area contributed by atoms with E-state index >= 15 is 0 Å². The van der Waals surface area contributed by atoms with Crippen LogP contribution in [0.4, 0.5) is 5.95 Å². The lowest BCUT2D eigenvalue weighted by molar-refractivity contribution is -0.119. The molecule has 1 saturated heterocycles. The number of amides is 1. The van der Waals surface area contributed by atoms with Gasteiger partial charge in [0.05, 0.1) is 19.3 Å². The molecule has 23 heavy (non-hydrogen) atoms. The fourth-order valence-corrected chi connectivity index (χ4v) is 2.82. The van der Waals surface area contributed by atoms with Gasteiger partial charge in [-0.1, -0.05) is 6.07 Å². The van der Waals surface area contributed by atoms with E-state index in [1.165, 1.54) is 0 Å². The first-order chi connectivity index (χ1) is 11.2. The second-order valence-electron chi connectivity index (χ2n) is 5.53. The summed E-state index contributed by atoms with van der Waals surface area (Å²) in [4.78, 5) is 19.8. The first kappa shape index (κ1) is 15.4. The molecule has 0 radical (unpaired) electrons. The molecule has 0 unspecified atom stereocenters. The Morgan fingerprint density at radius 1 is 1.30 bits per heavy atom. The normalized spacial score (nSPS) is 15.6. The topological polar surface area (TPSA) is 76.6 Å². The van der Waals surface area contributed by atoms with Gasteiger partial charge >= 0.3 is 0 Å². The zero-order valence-electron chi connectivity index (χ0n) is 13.2. The maximum Gasteiger partial charge on any atom is 0.231 e. The fourth-order valence-electron chi connectivity index (χ4n) is 2.82. The summed E-state index contributed by atoms with van der Waals surface area (Å²) in [6, 6.07) is 7.89. The number of imidazole rings is 1. The number of ether oxygens (including phenoxy) is 1. The van der Waals surface area contributed by atoms with Gasteiger partial charge in [0.15, 0.2) is 0 Å². The Hall–Kier alpha value is -2.54. The van der Waals surface area contributed by atoms with Crippen LogP contribution in [0.5, 0.6) is 5.75 Å². The number of benzene rings is 1. The summed E-state index contributed by atoms with van der Waals surface area (Å²) in [6.07, 6.45) is 3.74. The molecule has 1 aromatic carbocycles. The van der Waals surface area contributed by atoms with Crippen LogP contribution in [0.15, 0.2) is 36.7 Å². The number of piperazine rings is 1. The number of aromatic nitrogens is 2. The van der Waals surface area contributed by atoms with E-state index in [9.17, 15) is 4.79 Å². The zero-order chi connectivity index (χ0) is 16.2. The molecule has 2 aromatic rings. The maximum absolute atomic E-state index is 11.0. The van der Waals surface area contributed by atoms with Gasteiger partial charge in [-0.25, -0.2) is 4.98 Å². The summed E-state index contributed by atoms with van der Waals surface area (Å²) in [5.41, 5.74) is 6.27. The van der Waals surface area contributed by atoms with Crippen molar-refractivity contribution in [1.82, 2.24) is 14.5 Å². The highest BCUT2D eigenvalue weighted by Crippen LogP contribution is 2.22. The number of anilines is 1. The van der Waals surface area contributed by atoms with Gasteiger partial charge in [0.1, 0.15) is 5.75 Å². The molecule has 0 atom stereocenters. The largest absolute Gasteiger partial charge is 0.497 e. The van der Waals surface area contributed by atoms with Crippen LogP contribution in [0.1, 0.15) is 0 Å². The van der Waals surface area contributed by atoms with Gasteiger partial charge in [-0.15, -0.1) is 0 Å². The first-order valence-corrected chi connectivity index (χ1v) is 7.61. The summed E-state index contributed by atoms with van der Waals surface area (Å²) >= 11 is 0. The number of rotatable bonds is 5. The third-order valence-electron chi connectivity index (χ3n) is 3.99. The summed E-state index contributed by atoms with van der Waals surface area (Å²) in [7, 11) is 1.66. The van der Waals surface area contributed by atoms with Crippen molar-refractivity contribution in [3.63, 3.8) is 0 Å². The number of methoxy groups -OCH3 is 1. The third-order valence-corrected chi connectivity index (χ3v) is 3.99. The van der Waals surface area contributed by atoms with E-state index < -0.39 is 0 Å². The molecule has 2 N–H and O–H groups in total. The summed E-state index contributed by atoms with van der Waals surface area (Å²) < 4.78 is 7.34. The minimum atomic E-state index is -0.281. The Morgan fingerprint density at radius 3 is 2.78 bits per heavy atom. The molecule has 2 heterocycles. The van der Waals surface area contributed by atoms with Crippen LogP contribution in [-0.2, 0) is 4.79 Å². The second-order valence-corrected chi connectivity index (χ2v) is 5.53. The Labute approximate surface area is 135 Å². The molecule has 1 aliphatic rings. The SMILES string of the molecule is COc1cccc(-n2ccnc2N2CCN(CC(N)=O)CC2)c1. The molecule has 7 nitrogen and oxygen atoms in total. The fraction of sp³-hybridized carbons (Fsp3) is 0.375. The highest BCUT2D eigenvalue weighted by molar-refractivity contribution is 5.75. The predicted molar refractivity (Wildman–Crippen MR) is 88.0 cm³/mol.